The van der Waals surface area contributed by atoms with Crippen molar-refractivity contribution < 1.29 is 23.0 Å². The van der Waals surface area contributed by atoms with Crippen LogP contribution in [0.25, 0.3) is 0 Å². The highest BCUT2D eigenvalue weighted by atomic mass is 19.1. The van der Waals surface area contributed by atoms with Crippen molar-refractivity contribution in [3.05, 3.63) is 58.9 Å². The summed E-state index contributed by atoms with van der Waals surface area (Å²) in [4.78, 5) is 0. The van der Waals surface area contributed by atoms with E-state index in [0.29, 0.717) is 26.4 Å². The van der Waals surface area contributed by atoms with Crippen LogP contribution in [0.3, 0.4) is 0 Å². The summed E-state index contributed by atoms with van der Waals surface area (Å²) in [5, 5.41) is 0. The molecular formula is C17H17B2FO4. The van der Waals surface area contributed by atoms with E-state index in [2.05, 4.69) is 19.1 Å². The Labute approximate surface area is 141 Å². The summed E-state index contributed by atoms with van der Waals surface area (Å²) in [6.07, 6.45) is 0. The molecule has 0 unspecified atom stereocenters. The Kier molecular flexibility index (Phi) is 4.41. The summed E-state index contributed by atoms with van der Waals surface area (Å²) in [7, 11) is -0.793. The molecule has 0 fully saturated rings. The van der Waals surface area contributed by atoms with E-state index in [9.17, 15) is 4.39 Å². The van der Waals surface area contributed by atoms with E-state index in [-0.39, 0.29) is 12.9 Å². The predicted molar refractivity (Wildman–Crippen MR) is 89.8 cm³/mol. The van der Waals surface area contributed by atoms with Gasteiger partial charge in [0, 0.05) is 0 Å². The number of benzene rings is 2. The summed E-state index contributed by atoms with van der Waals surface area (Å²) in [6.45, 7) is 3.79. The molecule has 2 aliphatic rings. The fourth-order valence-corrected chi connectivity index (χ4v) is 3.12. The Morgan fingerprint density at radius 2 is 1.50 bits per heavy atom. The predicted octanol–water partition coefficient (Wildman–Crippen LogP) is 1.32. The van der Waals surface area contributed by atoms with Crippen molar-refractivity contribution in [1.82, 2.24) is 0 Å². The number of hydrogen-bond donors (Lipinski definition) is 0. The molecule has 0 aromatic heterocycles. The van der Waals surface area contributed by atoms with E-state index in [4.69, 9.17) is 18.6 Å². The molecular weight excluding hydrogens is 309 g/mol. The van der Waals surface area contributed by atoms with E-state index in [1.54, 1.807) is 6.07 Å². The molecule has 24 heavy (non-hydrogen) atoms. The molecule has 2 heterocycles. The van der Waals surface area contributed by atoms with Gasteiger partial charge in [-0.1, -0.05) is 29.8 Å². The first-order chi connectivity index (χ1) is 11.7. The lowest BCUT2D eigenvalue weighted by Gasteiger charge is -2.11. The molecule has 0 amide bonds. The smallest absolute Gasteiger partial charge is 0.405 e. The first-order valence-corrected chi connectivity index (χ1v) is 8.05. The molecule has 0 saturated heterocycles. The monoisotopic (exact) mass is 326 g/mol. The van der Waals surface area contributed by atoms with Crippen molar-refractivity contribution in [2.75, 3.05) is 13.2 Å². The highest BCUT2D eigenvalue weighted by Gasteiger charge is 2.32. The third-order valence-electron chi connectivity index (χ3n) is 4.31. The number of rotatable bonds is 5. The van der Waals surface area contributed by atoms with E-state index >= 15 is 0 Å². The van der Waals surface area contributed by atoms with Gasteiger partial charge >= 0.3 is 14.2 Å². The van der Waals surface area contributed by atoms with E-state index in [0.717, 1.165) is 16.5 Å². The molecule has 4 rings (SSSR count). The molecule has 7 heteroatoms. The van der Waals surface area contributed by atoms with E-state index in [1.807, 2.05) is 6.07 Å². The maximum atomic E-state index is 13.2. The van der Waals surface area contributed by atoms with Gasteiger partial charge in [-0.25, -0.2) is 4.39 Å². The zero-order valence-electron chi connectivity index (χ0n) is 13.5. The minimum atomic E-state index is -0.455. The van der Waals surface area contributed by atoms with Gasteiger partial charge in [-0.15, -0.1) is 0 Å². The van der Waals surface area contributed by atoms with Crippen molar-refractivity contribution in [2.45, 2.75) is 20.1 Å². The third kappa shape index (κ3) is 3.13. The van der Waals surface area contributed by atoms with Crippen molar-refractivity contribution in [3.63, 3.8) is 0 Å². The average Bonchev–Trinajstić information content (AvgIpc) is 3.15. The SMILES string of the molecule is Cc1ccc2c(c1)COB2OCCOB1OCc2cc(F)ccc21. The summed E-state index contributed by atoms with van der Waals surface area (Å²) in [5.74, 6) is -0.256. The van der Waals surface area contributed by atoms with E-state index in [1.165, 1.54) is 23.3 Å². The highest BCUT2D eigenvalue weighted by molar-refractivity contribution is 6.63. The lowest BCUT2D eigenvalue weighted by atomic mass is 9.78. The Morgan fingerprint density at radius 3 is 2.17 bits per heavy atom. The normalized spacial score (nSPS) is 15.8. The van der Waals surface area contributed by atoms with Crippen LogP contribution in [-0.4, -0.2) is 27.5 Å². The molecule has 0 bridgehead atoms. The number of aryl methyl sites for hydroxylation is 1. The molecule has 0 saturated carbocycles. The molecule has 2 aromatic rings. The number of halogens is 1. The van der Waals surface area contributed by atoms with Gasteiger partial charge < -0.3 is 18.6 Å². The second kappa shape index (κ2) is 6.69. The average molecular weight is 326 g/mol. The Hall–Kier alpha value is -1.66. The minimum absolute atomic E-state index is 0.256. The van der Waals surface area contributed by atoms with Gasteiger partial charge in [0.2, 0.25) is 0 Å². The molecule has 0 atom stereocenters. The van der Waals surface area contributed by atoms with Crippen molar-refractivity contribution >= 4 is 25.2 Å². The summed E-state index contributed by atoms with van der Waals surface area (Å²) >= 11 is 0. The van der Waals surface area contributed by atoms with Gasteiger partial charge in [0.1, 0.15) is 5.82 Å². The zero-order chi connectivity index (χ0) is 16.5. The lowest BCUT2D eigenvalue weighted by molar-refractivity contribution is 0.149. The molecule has 0 spiro atoms. The number of fused-ring (bicyclic) bond motifs is 2. The van der Waals surface area contributed by atoms with Crippen molar-refractivity contribution in [1.29, 1.82) is 0 Å². The van der Waals surface area contributed by atoms with Crippen LogP contribution in [0.2, 0.25) is 0 Å². The van der Waals surface area contributed by atoms with Gasteiger partial charge in [-0.3, -0.25) is 0 Å². The first kappa shape index (κ1) is 15.8. The lowest BCUT2D eigenvalue weighted by Crippen LogP contribution is -2.36. The molecule has 2 aliphatic heterocycles. The highest BCUT2D eigenvalue weighted by Crippen LogP contribution is 2.14. The molecule has 0 radical (unpaired) electrons. The summed E-state index contributed by atoms with van der Waals surface area (Å²) < 4.78 is 35.9. The van der Waals surface area contributed by atoms with Crippen LogP contribution >= 0.6 is 0 Å². The Bertz CT molecular complexity index is 692. The second-order valence-electron chi connectivity index (χ2n) is 6.07. The van der Waals surface area contributed by atoms with Crippen molar-refractivity contribution in [2.24, 2.45) is 0 Å². The molecule has 2 aromatic carbocycles. The topological polar surface area (TPSA) is 36.9 Å². The summed E-state index contributed by atoms with van der Waals surface area (Å²) in [5.41, 5.74) is 5.20. The fraction of sp³-hybridized carbons (Fsp3) is 0.294. The Morgan fingerprint density at radius 1 is 0.917 bits per heavy atom. The quantitative estimate of drug-likeness (QED) is 0.614. The van der Waals surface area contributed by atoms with Crippen LogP contribution in [0, 0.1) is 12.7 Å². The standard InChI is InChI=1S/C17H17B2FO4/c1-12-2-4-16-13(8-12)10-23-18(16)21-6-7-22-19-17-5-3-15(20)9-14(17)11-24-19/h2-5,8-9H,6-7,10-11H2,1H3. The van der Waals surface area contributed by atoms with Gasteiger partial charge in [-0.2, -0.15) is 0 Å². The molecule has 0 aliphatic carbocycles. The number of hydrogen-bond acceptors (Lipinski definition) is 4. The second-order valence-corrected chi connectivity index (χ2v) is 6.07. The largest absolute Gasteiger partial charge is 0.494 e. The van der Waals surface area contributed by atoms with Crippen molar-refractivity contribution in [3.8, 4) is 0 Å². The van der Waals surface area contributed by atoms with Gasteiger partial charge in [0.25, 0.3) is 0 Å². The van der Waals surface area contributed by atoms with Crippen LogP contribution < -0.4 is 10.9 Å². The Balaban J connectivity index is 1.28. The maximum Gasteiger partial charge on any atom is 0.494 e. The van der Waals surface area contributed by atoms with Crippen LogP contribution in [0.5, 0.6) is 0 Å². The van der Waals surface area contributed by atoms with Crippen LogP contribution in [0.4, 0.5) is 4.39 Å². The minimum Gasteiger partial charge on any atom is -0.405 e. The molecule has 122 valence electrons. The van der Waals surface area contributed by atoms with Crippen LogP contribution in [0.15, 0.2) is 36.4 Å². The van der Waals surface area contributed by atoms with E-state index < -0.39 is 7.12 Å². The van der Waals surface area contributed by atoms with Crippen LogP contribution in [0.1, 0.15) is 16.7 Å². The maximum absolute atomic E-state index is 13.2. The van der Waals surface area contributed by atoms with Crippen LogP contribution in [-0.2, 0) is 31.8 Å². The summed E-state index contributed by atoms with van der Waals surface area (Å²) in [6, 6.07) is 10.8. The third-order valence-corrected chi connectivity index (χ3v) is 4.31. The van der Waals surface area contributed by atoms with Gasteiger partial charge in [0.05, 0.1) is 26.4 Å². The van der Waals surface area contributed by atoms with Gasteiger partial charge in [-0.05, 0) is 41.1 Å². The molecule has 4 nitrogen and oxygen atoms in total. The first-order valence-electron chi connectivity index (χ1n) is 8.05. The fourth-order valence-electron chi connectivity index (χ4n) is 3.12. The van der Waals surface area contributed by atoms with Gasteiger partial charge in [0.15, 0.2) is 0 Å². The zero-order valence-corrected chi connectivity index (χ0v) is 13.5. The molecule has 0 N–H and O–H groups in total.